The molecule has 0 heterocycles. The number of rotatable bonds is 5. The third-order valence-electron chi connectivity index (χ3n) is 2.59. The fourth-order valence-corrected chi connectivity index (χ4v) is 1.91. The van der Waals surface area contributed by atoms with Crippen LogP contribution in [0.4, 0.5) is 4.79 Å². The van der Waals surface area contributed by atoms with Crippen molar-refractivity contribution in [3.8, 4) is 0 Å². The van der Waals surface area contributed by atoms with E-state index in [9.17, 15) is 4.79 Å². The largest absolute Gasteiger partial charge is 0.338 e. The zero-order valence-electron chi connectivity index (χ0n) is 11.6. The summed E-state index contributed by atoms with van der Waals surface area (Å²) in [7, 11) is 1.82. The van der Waals surface area contributed by atoms with E-state index in [1.807, 2.05) is 7.05 Å². The molecule has 1 aromatic rings. The van der Waals surface area contributed by atoms with Crippen molar-refractivity contribution in [1.29, 1.82) is 0 Å². The highest BCUT2D eigenvalue weighted by Crippen LogP contribution is 2.15. The van der Waals surface area contributed by atoms with Gasteiger partial charge in [-0.3, -0.25) is 0 Å². The van der Waals surface area contributed by atoms with Gasteiger partial charge in [-0.25, -0.2) is 4.79 Å². The average Bonchev–Trinajstić information content (AvgIpc) is 2.36. The van der Waals surface area contributed by atoms with Crippen LogP contribution in [0.2, 0.25) is 0 Å². The molecular formula is C14H22N2OS. The molecule has 100 valence electrons. The molecule has 0 aromatic heterocycles. The van der Waals surface area contributed by atoms with Gasteiger partial charge in [0.05, 0.1) is 0 Å². The Morgan fingerprint density at radius 3 is 2.44 bits per heavy atom. The number of benzene rings is 1. The first-order valence-corrected chi connectivity index (χ1v) is 7.37. The predicted molar refractivity (Wildman–Crippen MR) is 77.9 cm³/mol. The van der Waals surface area contributed by atoms with Gasteiger partial charge in [0.2, 0.25) is 0 Å². The van der Waals surface area contributed by atoms with Gasteiger partial charge in [-0.1, -0.05) is 26.0 Å². The first kappa shape index (κ1) is 14.9. The van der Waals surface area contributed by atoms with Crippen molar-refractivity contribution >= 4 is 17.8 Å². The van der Waals surface area contributed by atoms with Crippen LogP contribution in [0, 0.1) is 5.92 Å². The number of thioether (sulfide) groups is 1. The second-order valence-electron chi connectivity index (χ2n) is 4.78. The van der Waals surface area contributed by atoms with Gasteiger partial charge in [-0.05, 0) is 29.9 Å². The first-order valence-electron chi connectivity index (χ1n) is 6.14. The Labute approximate surface area is 114 Å². The molecule has 1 rings (SSSR count). The zero-order valence-corrected chi connectivity index (χ0v) is 12.4. The summed E-state index contributed by atoms with van der Waals surface area (Å²) in [6.45, 7) is 5.52. The van der Waals surface area contributed by atoms with Crippen molar-refractivity contribution < 1.29 is 4.79 Å². The van der Waals surface area contributed by atoms with Gasteiger partial charge in [-0.15, -0.1) is 11.8 Å². The van der Waals surface area contributed by atoms with Gasteiger partial charge in [0.15, 0.2) is 0 Å². The highest BCUT2D eigenvalue weighted by Gasteiger charge is 2.08. The quantitative estimate of drug-likeness (QED) is 0.830. The van der Waals surface area contributed by atoms with Crippen LogP contribution < -0.4 is 5.32 Å². The molecule has 1 N–H and O–H groups in total. The standard InChI is InChI=1S/C14H22N2OS/c1-11(2)9-15-14(17)16(3)10-12-5-7-13(18-4)8-6-12/h5-8,11H,9-10H2,1-4H3,(H,15,17). The van der Waals surface area contributed by atoms with Gasteiger partial charge in [0, 0.05) is 25.0 Å². The Morgan fingerprint density at radius 2 is 1.94 bits per heavy atom. The third-order valence-corrected chi connectivity index (χ3v) is 3.33. The van der Waals surface area contributed by atoms with E-state index in [1.165, 1.54) is 4.90 Å². The lowest BCUT2D eigenvalue weighted by Crippen LogP contribution is -2.38. The second-order valence-corrected chi connectivity index (χ2v) is 5.66. The van der Waals surface area contributed by atoms with Crippen LogP contribution in [-0.4, -0.2) is 30.8 Å². The fourth-order valence-electron chi connectivity index (χ4n) is 1.50. The van der Waals surface area contributed by atoms with Gasteiger partial charge in [-0.2, -0.15) is 0 Å². The molecule has 0 aliphatic carbocycles. The van der Waals surface area contributed by atoms with Crippen LogP contribution in [0.25, 0.3) is 0 Å². The van der Waals surface area contributed by atoms with Crippen molar-refractivity contribution in [1.82, 2.24) is 10.2 Å². The van der Waals surface area contributed by atoms with Crippen molar-refractivity contribution in [2.45, 2.75) is 25.3 Å². The molecule has 0 bridgehead atoms. The number of urea groups is 1. The lowest BCUT2D eigenvalue weighted by molar-refractivity contribution is 0.205. The number of nitrogens with one attached hydrogen (secondary N) is 1. The monoisotopic (exact) mass is 266 g/mol. The van der Waals surface area contributed by atoms with Crippen LogP contribution in [0.5, 0.6) is 0 Å². The maximum absolute atomic E-state index is 11.8. The Bertz CT molecular complexity index is 376. The van der Waals surface area contributed by atoms with Crippen molar-refractivity contribution in [3.05, 3.63) is 29.8 Å². The van der Waals surface area contributed by atoms with Crippen LogP contribution in [0.3, 0.4) is 0 Å². The topological polar surface area (TPSA) is 32.3 Å². The summed E-state index contributed by atoms with van der Waals surface area (Å²) in [5.74, 6) is 0.475. The maximum atomic E-state index is 11.8. The number of carbonyl (C=O) groups excluding carboxylic acids is 1. The minimum Gasteiger partial charge on any atom is -0.338 e. The number of hydrogen-bond donors (Lipinski definition) is 1. The highest BCUT2D eigenvalue weighted by molar-refractivity contribution is 7.98. The van der Waals surface area contributed by atoms with Gasteiger partial charge in [0.25, 0.3) is 0 Å². The highest BCUT2D eigenvalue weighted by atomic mass is 32.2. The minimum absolute atomic E-state index is 0.0161. The maximum Gasteiger partial charge on any atom is 0.317 e. The molecule has 0 aliphatic heterocycles. The summed E-state index contributed by atoms with van der Waals surface area (Å²) < 4.78 is 0. The third kappa shape index (κ3) is 5.00. The minimum atomic E-state index is -0.0161. The molecule has 2 amide bonds. The fraction of sp³-hybridized carbons (Fsp3) is 0.500. The lowest BCUT2D eigenvalue weighted by Gasteiger charge is -2.19. The Kier molecular flexibility index (Phi) is 6.05. The molecule has 0 fully saturated rings. The average molecular weight is 266 g/mol. The number of hydrogen-bond acceptors (Lipinski definition) is 2. The lowest BCUT2D eigenvalue weighted by atomic mass is 10.2. The van der Waals surface area contributed by atoms with E-state index in [1.54, 1.807) is 16.7 Å². The van der Waals surface area contributed by atoms with Crippen LogP contribution in [0.1, 0.15) is 19.4 Å². The molecule has 0 unspecified atom stereocenters. The predicted octanol–water partition coefficient (Wildman–Crippen LogP) is 3.21. The van der Waals surface area contributed by atoms with Crippen molar-refractivity contribution in [2.75, 3.05) is 19.8 Å². The summed E-state index contributed by atoms with van der Waals surface area (Å²) in [5.41, 5.74) is 1.15. The van der Waals surface area contributed by atoms with Gasteiger partial charge in [0.1, 0.15) is 0 Å². The van der Waals surface area contributed by atoms with Crippen LogP contribution >= 0.6 is 11.8 Å². The van der Waals surface area contributed by atoms with Gasteiger partial charge >= 0.3 is 6.03 Å². The summed E-state index contributed by atoms with van der Waals surface area (Å²) in [6.07, 6.45) is 2.06. The molecule has 0 saturated heterocycles. The molecule has 0 radical (unpaired) electrons. The molecule has 4 heteroatoms. The molecule has 0 spiro atoms. The Balaban J connectivity index is 2.47. The molecular weight excluding hydrogens is 244 g/mol. The van der Waals surface area contributed by atoms with E-state index in [2.05, 4.69) is 49.7 Å². The van der Waals surface area contributed by atoms with E-state index in [0.29, 0.717) is 19.0 Å². The molecule has 0 saturated carbocycles. The molecule has 3 nitrogen and oxygen atoms in total. The van der Waals surface area contributed by atoms with E-state index in [4.69, 9.17) is 0 Å². The number of amides is 2. The van der Waals surface area contributed by atoms with E-state index >= 15 is 0 Å². The smallest absolute Gasteiger partial charge is 0.317 e. The number of carbonyl (C=O) groups is 1. The van der Waals surface area contributed by atoms with E-state index in [0.717, 1.165) is 5.56 Å². The van der Waals surface area contributed by atoms with Crippen molar-refractivity contribution in [2.24, 2.45) is 5.92 Å². The Hall–Kier alpha value is -1.16. The first-order chi connectivity index (χ1) is 8.52. The molecule has 1 aromatic carbocycles. The Morgan fingerprint density at radius 1 is 1.33 bits per heavy atom. The molecule has 0 aliphatic rings. The van der Waals surface area contributed by atoms with E-state index < -0.39 is 0 Å². The molecule has 0 atom stereocenters. The van der Waals surface area contributed by atoms with Gasteiger partial charge < -0.3 is 10.2 Å². The summed E-state index contributed by atoms with van der Waals surface area (Å²) >= 11 is 1.72. The SMILES string of the molecule is CSc1ccc(CN(C)C(=O)NCC(C)C)cc1. The summed E-state index contributed by atoms with van der Waals surface area (Å²) in [4.78, 5) is 14.7. The molecule has 18 heavy (non-hydrogen) atoms. The summed E-state index contributed by atoms with van der Waals surface area (Å²) in [5, 5.41) is 2.91. The number of nitrogens with zero attached hydrogens (tertiary/aromatic N) is 1. The summed E-state index contributed by atoms with van der Waals surface area (Å²) in [6, 6.07) is 8.29. The normalized spacial score (nSPS) is 10.5. The van der Waals surface area contributed by atoms with Crippen LogP contribution in [0.15, 0.2) is 29.2 Å². The zero-order chi connectivity index (χ0) is 13.5. The van der Waals surface area contributed by atoms with Crippen molar-refractivity contribution in [3.63, 3.8) is 0 Å². The van der Waals surface area contributed by atoms with Crippen LogP contribution in [-0.2, 0) is 6.54 Å². The van der Waals surface area contributed by atoms with E-state index in [-0.39, 0.29) is 6.03 Å². The second kappa shape index (κ2) is 7.31.